The van der Waals surface area contributed by atoms with Crippen LogP contribution in [0.3, 0.4) is 0 Å². The van der Waals surface area contributed by atoms with Crippen molar-refractivity contribution in [1.82, 2.24) is 4.98 Å². The first kappa shape index (κ1) is 7.72. The van der Waals surface area contributed by atoms with E-state index in [4.69, 9.17) is 4.74 Å². The molecular weight excluding hydrogens is 142 g/mol. The Balaban J connectivity index is 2.58. The van der Waals surface area contributed by atoms with Crippen molar-refractivity contribution in [3.8, 4) is 5.75 Å². The Labute approximate surface area is 65.0 Å². The van der Waals surface area contributed by atoms with Crippen LogP contribution in [0.4, 0.5) is 0 Å². The van der Waals surface area contributed by atoms with Crippen LogP contribution in [0.2, 0.25) is 0 Å². The quantitative estimate of drug-likeness (QED) is 0.599. The van der Waals surface area contributed by atoms with Gasteiger partial charge in [0.05, 0.1) is 0 Å². The first-order chi connectivity index (χ1) is 5.33. The number of ether oxygens (including phenoxy) is 1. The van der Waals surface area contributed by atoms with E-state index in [0.29, 0.717) is 12.2 Å². The van der Waals surface area contributed by atoms with Gasteiger partial charge >= 0.3 is 5.97 Å². The second-order valence-electron chi connectivity index (χ2n) is 2.01. The molecule has 0 bridgehead atoms. The fourth-order valence-corrected chi connectivity index (χ4v) is 0.610. The van der Waals surface area contributed by atoms with Gasteiger partial charge in [-0.25, -0.2) is 0 Å². The Kier molecular flexibility index (Phi) is 2.60. The average molecular weight is 151 g/mol. The SMILES string of the molecule is CCC(=O)Oc1ccncc1. The molecule has 0 aromatic carbocycles. The van der Waals surface area contributed by atoms with Crippen molar-refractivity contribution in [2.75, 3.05) is 0 Å². The van der Waals surface area contributed by atoms with Gasteiger partial charge in [-0.1, -0.05) is 6.92 Å². The molecule has 0 aliphatic carbocycles. The summed E-state index contributed by atoms with van der Waals surface area (Å²) in [7, 11) is 0. The third-order valence-corrected chi connectivity index (χ3v) is 1.17. The minimum Gasteiger partial charge on any atom is -0.426 e. The zero-order valence-corrected chi connectivity index (χ0v) is 6.28. The summed E-state index contributed by atoms with van der Waals surface area (Å²) in [4.78, 5) is 14.5. The summed E-state index contributed by atoms with van der Waals surface area (Å²) in [5.74, 6) is 0.322. The van der Waals surface area contributed by atoms with E-state index in [-0.39, 0.29) is 5.97 Å². The Morgan fingerprint density at radius 3 is 2.73 bits per heavy atom. The summed E-state index contributed by atoms with van der Waals surface area (Å²) in [5, 5.41) is 0. The highest BCUT2D eigenvalue weighted by Gasteiger charge is 1.98. The largest absolute Gasteiger partial charge is 0.426 e. The minimum atomic E-state index is -0.226. The van der Waals surface area contributed by atoms with Gasteiger partial charge in [0.1, 0.15) is 5.75 Å². The monoisotopic (exact) mass is 151 g/mol. The van der Waals surface area contributed by atoms with Gasteiger partial charge in [0, 0.05) is 18.8 Å². The first-order valence-electron chi connectivity index (χ1n) is 3.43. The third kappa shape index (κ3) is 2.37. The maximum absolute atomic E-state index is 10.7. The Hall–Kier alpha value is -1.38. The maximum atomic E-state index is 10.7. The number of aromatic nitrogens is 1. The summed E-state index contributed by atoms with van der Waals surface area (Å²) in [5.41, 5.74) is 0. The highest BCUT2D eigenvalue weighted by molar-refractivity contribution is 5.71. The predicted molar refractivity (Wildman–Crippen MR) is 40.2 cm³/mol. The summed E-state index contributed by atoms with van der Waals surface area (Å²) >= 11 is 0. The molecule has 0 unspecified atom stereocenters. The van der Waals surface area contributed by atoms with Gasteiger partial charge in [0.15, 0.2) is 0 Å². The van der Waals surface area contributed by atoms with E-state index in [1.807, 2.05) is 0 Å². The lowest BCUT2D eigenvalue weighted by molar-refractivity contribution is -0.134. The molecule has 0 saturated heterocycles. The molecule has 0 aliphatic rings. The van der Waals surface area contributed by atoms with Gasteiger partial charge in [-0.2, -0.15) is 0 Å². The molecule has 1 aromatic rings. The van der Waals surface area contributed by atoms with E-state index in [1.54, 1.807) is 31.5 Å². The highest BCUT2D eigenvalue weighted by Crippen LogP contribution is 2.07. The lowest BCUT2D eigenvalue weighted by Crippen LogP contribution is -2.05. The molecule has 1 heterocycles. The van der Waals surface area contributed by atoms with Crippen LogP contribution in [0.15, 0.2) is 24.5 Å². The van der Waals surface area contributed by atoms with Crippen molar-refractivity contribution < 1.29 is 9.53 Å². The van der Waals surface area contributed by atoms with E-state index in [0.717, 1.165) is 0 Å². The van der Waals surface area contributed by atoms with Crippen LogP contribution in [-0.4, -0.2) is 11.0 Å². The van der Waals surface area contributed by atoms with Crippen LogP contribution >= 0.6 is 0 Å². The molecule has 0 N–H and O–H groups in total. The van der Waals surface area contributed by atoms with Gasteiger partial charge in [-0.05, 0) is 12.1 Å². The van der Waals surface area contributed by atoms with Gasteiger partial charge in [-0.15, -0.1) is 0 Å². The van der Waals surface area contributed by atoms with Crippen molar-refractivity contribution in [2.24, 2.45) is 0 Å². The lowest BCUT2D eigenvalue weighted by atomic mass is 10.4. The number of hydrogen-bond donors (Lipinski definition) is 0. The summed E-state index contributed by atoms with van der Waals surface area (Å²) in [6, 6.07) is 3.29. The molecule has 0 radical (unpaired) electrons. The maximum Gasteiger partial charge on any atom is 0.310 e. The normalized spacial score (nSPS) is 9.18. The second-order valence-corrected chi connectivity index (χ2v) is 2.01. The number of esters is 1. The molecule has 1 rings (SSSR count). The standard InChI is InChI=1S/C8H9NO2/c1-2-8(10)11-7-3-5-9-6-4-7/h3-6H,2H2,1H3. The lowest BCUT2D eigenvalue weighted by Gasteiger charge is -1.99. The van der Waals surface area contributed by atoms with Crippen LogP contribution in [0.25, 0.3) is 0 Å². The van der Waals surface area contributed by atoms with E-state index in [9.17, 15) is 4.79 Å². The molecule has 0 spiro atoms. The van der Waals surface area contributed by atoms with E-state index in [1.165, 1.54) is 0 Å². The summed E-state index contributed by atoms with van der Waals surface area (Å²) < 4.78 is 4.88. The Morgan fingerprint density at radius 2 is 2.18 bits per heavy atom. The van der Waals surface area contributed by atoms with E-state index >= 15 is 0 Å². The number of carbonyl (C=O) groups is 1. The molecule has 3 nitrogen and oxygen atoms in total. The molecule has 0 aliphatic heterocycles. The minimum absolute atomic E-state index is 0.226. The van der Waals surface area contributed by atoms with E-state index < -0.39 is 0 Å². The van der Waals surface area contributed by atoms with Crippen molar-refractivity contribution in [2.45, 2.75) is 13.3 Å². The van der Waals surface area contributed by atoms with Gasteiger partial charge in [0.25, 0.3) is 0 Å². The van der Waals surface area contributed by atoms with Crippen LogP contribution in [0, 0.1) is 0 Å². The van der Waals surface area contributed by atoms with Crippen molar-refractivity contribution in [1.29, 1.82) is 0 Å². The molecule has 58 valence electrons. The van der Waals surface area contributed by atoms with Gasteiger partial charge in [-0.3, -0.25) is 9.78 Å². The van der Waals surface area contributed by atoms with Crippen LogP contribution in [0.5, 0.6) is 5.75 Å². The highest BCUT2D eigenvalue weighted by atomic mass is 16.5. The van der Waals surface area contributed by atoms with E-state index in [2.05, 4.69) is 4.98 Å². The summed E-state index contributed by atoms with van der Waals surface area (Å²) in [6.07, 6.45) is 3.55. The number of hydrogen-bond acceptors (Lipinski definition) is 3. The van der Waals surface area contributed by atoms with Crippen LogP contribution in [0.1, 0.15) is 13.3 Å². The smallest absolute Gasteiger partial charge is 0.310 e. The molecule has 3 heteroatoms. The third-order valence-electron chi connectivity index (χ3n) is 1.17. The fraction of sp³-hybridized carbons (Fsp3) is 0.250. The zero-order chi connectivity index (χ0) is 8.10. The van der Waals surface area contributed by atoms with Crippen LogP contribution in [-0.2, 0) is 4.79 Å². The molecular formula is C8H9NO2. The topological polar surface area (TPSA) is 39.2 Å². The summed E-state index contributed by atoms with van der Waals surface area (Å²) in [6.45, 7) is 1.75. The number of rotatable bonds is 2. The Morgan fingerprint density at radius 1 is 1.55 bits per heavy atom. The van der Waals surface area contributed by atoms with Crippen molar-refractivity contribution in [3.05, 3.63) is 24.5 Å². The Bertz CT molecular complexity index is 233. The molecule has 0 atom stereocenters. The number of nitrogens with zero attached hydrogens (tertiary/aromatic N) is 1. The molecule has 0 saturated carbocycles. The van der Waals surface area contributed by atoms with Crippen molar-refractivity contribution >= 4 is 5.97 Å². The van der Waals surface area contributed by atoms with Crippen molar-refractivity contribution in [3.63, 3.8) is 0 Å². The second kappa shape index (κ2) is 3.71. The fourth-order valence-electron chi connectivity index (χ4n) is 0.610. The molecule has 0 amide bonds. The van der Waals surface area contributed by atoms with Gasteiger partial charge in [0.2, 0.25) is 0 Å². The van der Waals surface area contributed by atoms with Crippen LogP contribution < -0.4 is 4.74 Å². The first-order valence-corrected chi connectivity index (χ1v) is 3.43. The number of carbonyl (C=O) groups excluding carboxylic acids is 1. The average Bonchev–Trinajstić information content (AvgIpc) is 2.06. The number of pyridine rings is 1. The van der Waals surface area contributed by atoms with Gasteiger partial charge < -0.3 is 4.74 Å². The molecule has 0 fully saturated rings. The molecule has 1 aromatic heterocycles. The predicted octanol–water partition coefficient (Wildman–Crippen LogP) is 1.40. The zero-order valence-electron chi connectivity index (χ0n) is 6.28. The molecule has 11 heavy (non-hydrogen) atoms.